The van der Waals surface area contributed by atoms with Crippen molar-refractivity contribution >= 4 is 46.4 Å². The van der Waals surface area contributed by atoms with E-state index in [1.165, 1.54) is 4.90 Å². The van der Waals surface area contributed by atoms with E-state index in [0.29, 0.717) is 38.5 Å². The first kappa shape index (κ1) is 21.9. The van der Waals surface area contributed by atoms with Crippen molar-refractivity contribution in [2.45, 2.75) is 12.1 Å². The van der Waals surface area contributed by atoms with Gasteiger partial charge in [0.2, 0.25) is 5.91 Å². The summed E-state index contributed by atoms with van der Waals surface area (Å²) in [4.78, 5) is 34.3. The highest BCUT2D eigenvalue weighted by atomic mass is 35.5. The second-order valence-electron chi connectivity index (χ2n) is 8.33. The standard InChI is InChI=1S/C27H18Cl2N2O4/c28-16-11-12-20(29)19(15-16)21-13-14-22(34-21)24-23-25(35-31(24)18-9-5-2-6-10-18)27(33)30(26(23)32)17-7-3-1-4-8-17/h1-15,23-25H. The average Bonchev–Trinajstić information content (AvgIpc) is 3.57. The Labute approximate surface area is 211 Å². The third kappa shape index (κ3) is 3.62. The van der Waals surface area contributed by atoms with E-state index >= 15 is 0 Å². The molecule has 0 saturated carbocycles. The van der Waals surface area contributed by atoms with Gasteiger partial charge in [-0.05, 0) is 54.6 Å². The van der Waals surface area contributed by atoms with E-state index in [1.54, 1.807) is 59.7 Å². The quantitative estimate of drug-likeness (QED) is 0.305. The molecule has 0 bridgehead atoms. The Kier molecular flexibility index (Phi) is 5.37. The first-order valence-electron chi connectivity index (χ1n) is 11.0. The van der Waals surface area contributed by atoms with Gasteiger partial charge in [-0.1, -0.05) is 59.6 Å². The van der Waals surface area contributed by atoms with Crippen molar-refractivity contribution in [2.75, 3.05) is 9.96 Å². The van der Waals surface area contributed by atoms with E-state index in [0.717, 1.165) is 0 Å². The predicted molar refractivity (Wildman–Crippen MR) is 133 cm³/mol. The maximum absolute atomic E-state index is 13.7. The molecule has 2 fully saturated rings. The molecule has 3 unspecified atom stereocenters. The minimum Gasteiger partial charge on any atom is -0.459 e. The molecule has 2 amide bonds. The molecule has 8 heteroatoms. The first-order valence-corrected chi connectivity index (χ1v) is 11.8. The van der Waals surface area contributed by atoms with E-state index in [9.17, 15) is 9.59 Å². The number of carbonyl (C=O) groups excluding carboxylic acids is 2. The molecule has 174 valence electrons. The Balaban J connectivity index is 1.44. The van der Waals surface area contributed by atoms with Gasteiger partial charge >= 0.3 is 0 Å². The molecule has 3 atom stereocenters. The van der Waals surface area contributed by atoms with Crippen molar-refractivity contribution in [1.29, 1.82) is 0 Å². The fourth-order valence-corrected chi connectivity index (χ4v) is 5.06. The smallest absolute Gasteiger partial charge is 0.266 e. The zero-order valence-corrected chi connectivity index (χ0v) is 19.7. The monoisotopic (exact) mass is 504 g/mol. The molecule has 2 aliphatic heterocycles. The van der Waals surface area contributed by atoms with Crippen LogP contribution in [0.2, 0.25) is 10.0 Å². The Morgan fingerprint density at radius 1 is 0.743 bits per heavy atom. The lowest BCUT2D eigenvalue weighted by atomic mass is 9.94. The summed E-state index contributed by atoms with van der Waals surface area (Å²) in [6.45, 7) is 0. The number of rotatable bonds is 4. The van der Waals surface area contributed by atoms with Crippen LogP contribution < -0.4 is 9.96 Å². The molecular weight excluding hydrogens is 487 g/mol. The third-order valence-corrected chi connectivity index (χ3v) is 6.82. The molecule has 3 aromatic carbocycles. The number of amides is 2. The largest absolute Gasteiger partial charge is 0.459 e. The first-order chi connectivity index (χ1) is 17.0. The summed E-state index contributed by atoms with van der Waals surface area (Å²) in [5.74, 6) is -0.562. The molecule has 6 rings (SSSR count). The van der Waals surface area contributed by atoms with Crippen molar-refractivity contribution in [3.8, 4) is 11.3 Å². The van der Waals surface area contributed by atoms with Crippen LogP contribution in [0.1, 0.15) is 11.8 Å². The van der Waals surface area contributed by atoms with E-state index in [-0.39, 0.29) is 5.91 Å². The van der Waals surface area contributed by atoms with E-state index in [1.807, 2.05) is 36.4 Å². The number of fused-ring (bicyclic) bond motifs is 1. The van der Waals surface area contributed by atoms with Crippen molar-refractivity contribution in [2.24, 2.45) is 5.92 Å². The predicted octanol–water partition coefficient (Wildman–Crippen LogP) is 6.30. The molecule has 35 heavy (non-hydrogen) atoms. The number of nitrogens with zero attached hydrogens (tertiary/aromatic N) is 2. The molecule has 0 aliphatic carbocycles. The highest BCUT2D eigenvalue weighted by Crippen LogP contribution is 2.48. The summed E-state index contributed by atoms with van der Waals surface area (Å²) in [5, 5.41) is 2.60. The van der Waals surface area contributed by atoms with Crippen LogP contribution in [0.3, 0.4) is 0 Å². The summed E-state index contributed by atoms with van der Waals surface area (Å²) in [6, 6.07) is 26.2. The van der Waals surface area contributed by atoms with Gasteiger partial charge in [0.15, 0.2) is 6.10 Å². The van der Waals surface area contributed by atoms with E-state index < -0.39 is 24.0 Å². The number of benzene rings is 3. The second kappa shape index (κ2) is 8.57. The maximum atomic E-state index is 13.7. The molecular formula is C27H18Cl2N2O4. The fourth-order valence-electron chi connectivity index (χ4n) is 4.68. The summed E-state index contributed by atoms with van der Waals surface area (Å²) in [6.07, 6.45) is -0.976. The van der Waals surface area contributed by atoms with Crippen LogP contribution in [0, 0.1) is 5.92 Å². The van der Waals surface area contributed by atoms with Gasteiger partial charge in [-0.3, -0.25) is 14.4 Å². The van der Waals surface area contributed by atoms with Crippen LogP contribution in [0.15, 0.2) is 95.4 Å². The second-order valence-corrected chi connectivity index (χ2v) is 9.18. The molecule has 6 nitrogen and oxygen atoms in total. The van der Waals surface area contributed by atoms with Crippen LogP contribution in [-0.4, -0.2) is 17.9 Å². The zero-order valence-electron chi connectivity index (χ0n) is 18.2. The molecule has 2 aliphatic rings. The number of hydrogen-bond acceptors (Lipinski definition) is 5. The van der Waals surface area contributed by atoms with Crippen molar-refractivity contribution in [1.82, 2.24) is 0 Å². The number of imide groups is 1. The van der Waals surface area contributed by atoms with Gasteiger partial charge in [-0.2, -0.15) is 0 Å². The number of furan rings is 1. The molecule has 0 spiro atoms. The summed E-state index contributed by atoms with van der Waals surface area (Å²) in [5.41, 5.74) is 1.85. The van der Waals surface area contributed by atoms with Crippen molar-refractivity contribution in [3.63, 3.8) is 0 Å². The van der Waals surface area contributed by atoms with E-state index in [4.69, 9.17) is 32.5 Å². The SMILES string of the molecule is O=C1C2ON(c3ccccc3)C(c3ccc(-c4cc(Cl)ccc4Cl)o3)C2C(=O)N1c1ccccc1. The third-order valence-electron chi connectivity index (χ3n) is 6.25. The molecule has 0 radical (unpaired) electrons. The van der Waals surface area contributed by atoms with Gasteiger partial charge in [0.25, 0.3) is 5.91 Å². The number of carbonyl (C=O) groups is 2. The molecule has 4 aromatic rings. The highest BCUT2D eigenvalue weighted by molar-refractivity contribution is 6.35. The van der Waals surface area contributed by atoms with Crippen LogP contribution in [-0.2, 0) is 14.4 Å². The number of para-hydroxylation sites is 2. The zero-order chi connectivity index (χ0) is 24.1. The van der Waals surface area contributed by atoms with Gasteiger partial charge < -0.3 is 4.42 Å². The lowest BCUT2D eigenvalue weighted by Crippen LogP contribution is -2.37. The van der Waals surface area contributed by atoms with Gasteiger partial charge in [0.1, 0.15) is 23.5 Å². The topological polar surface area (TPSA) is 63.0 Å². The van der Waals surface area contributed by atoms with Crippen molar-refractivity contribution < 1.29 is 18.8 Å². The minimum absolute atomic E-state index is 0.339. The Hall–Kier alpha value is -3.58. The lowest BCUT2D eigenvalue weighted by Gasteiger charge is -2.27. The number of hydrogen-bond donors (Lipinski definition) is 0. The van der Waals surface area contributed by atoms with Crippen molar-refractivity contribution in [3.05, 3.63) is 107 Å². The maximum Gasteiger partial charge on any atom is 0.266 e. The number of hydroxylamine groups is 1. The fraction of sp³-hybridized carbons (Fsp3) is 0.111. The molecule has 3 heterocycles. The van der Waals surface area contributed by atoms with E-state index in [2.05, 4.69) is 0 Å². The summed E-state index contributed by atoms with van der Waals surface area (Å²) < 4.78 is 6.23. The normalized spacial score (nSPS) is 21.6. The Morgan fingerprint density at radius 3 is 2.14 bits per heavy atom. The van der Waals surface area contributed by atoms with Crippen LogP contribution >= 0.6 is 23.2 Å². The lowest BCUT2D eigenvalue weighted by molar-refractivity contribution is -0.126. The van der Waals surface area contributed by atoms with Crippen LogP contribution in [0.5, 0.6) is 0 Å². The molecule has 0 N–H and O–H groups in total. The van der Waals surface area contributed by atoms with Crippen LogP contribution in [0.4, 0.5) is 11.4 Å². The van der Waals surface area contributed by atoms with Crippen LogP contribution in [0.25, 0.3) is 11.3 Å². The molecule has 1 aromatic heterocycles. The average molecular weight is 505 g/mol. The van der Waals surface area contributed by atoms with Gasteiger partial charge in [-0.15, -0.1) is 0 Å². The van der Waals surface area contributed by atoms with Gasteiger partial charge in [0.05, 0.1) is 16.4 Å². The number of halogens is 2. The summed E-state index contributed by atoms with van der Waals surface area (Å²) >= 11 is 12.6. The van der Waals surface area contributed by atoms with Gasteiger partial charge in [0, 0.05) is 10.6 Å². The van der Waals surface area contributed by atoms with Gasteiger partial charge in [-0.25, -0.2) is 9.96 Å². The number of anilines is 2. The molecule has 2 saturated heterocycles. The Bertz CT molecular complexity index is 1420. The minimum atomic E-state index is -0.976. The highest BCUT2D eigenvalue weighted by Gasteiger charge is 2.61. The Morgan fingerprint density at radius 2 is 1.43 bits per heavy atom. The summed E-state index contributed by atoms with van der Waals surface area (Å²) in [7, 11) is 0.